The Bertz CT molecular complexity index is 584. The van der Waals surface area contributed by atoms with E-state index < -0.39 is 0 Å². The van der Waals surface area contributed by atoms with Crippen LogP contribution in [-0.4, -0.2) is 4.98 Å². The monoisotopic (exact) mass is 224 g/mol. The molecule has 0 unspecified atom stereocenters. The smallest absolute Gasteiger partial charge is 0.0992 e. The number of rotatable bonds is 2. The minimum absolute atomic E-state index is 0.578. The summed E-state index contributed by atoms with van der Waals surface area (Å²) in [6, 6.07) is 9.40. The van der Waals surface area contributed by atoms with Gasteiger partial charge in [-0.1, -0.05) is 6.07 Å². The standard InChI is InChI=1S/C13H12N4/c1-9-2-3-10(7-14)6-13(9)17-12-4-5-16-8-11(12)15/h2-6,8H,15H2,1H3,(H,16,17). The lowest BCUT2D eigenvalue weighted by molar-refractivity contribution is 1.32. The van der Waals surface area contributed by atoms with Gasteiger partial charge in [0, 0.05) is 11.9 Å². The lowest BCUT2D eigenvalue weighted by Crippen LogP contribution is -1.98. The number of nitriles is 1. The van der Waals surface area contributed by atoms with Crippen LogP contribution in [0, 0.1) is 18.3 Å². The number of nitrogens with two attached hydrogens (primary N) is 1. The molecule has 4 nitrogen and oxygen atoms in total. The molecule has 1 aromatic carbocycles. The Balaban J connectivity index is 2.37. The van der Waals surface area contributed by atoms with Crippen molar-refractivity contribution < 1.29 is 0 Å². The fourth-order valence-corrected chi connectivity index (χ4v) is 1.49. The van der Waals surface area contributed by atoms with Crippen LogP contribution in [0.15, 0.2) is 36.7 Å². The molecule has 2 rings (SSSR count). The summed E-state index contributed by atoms with van der Waals surface area (Å²) in [4.78, 5) is 3.93. The van der Waals surface area contributed by atoms with E-state index in [1.54, 1.807) is 30.6 Å². The maximum absolute atomic E-state index is 8.86. The molecule has 4 heteroatoms. The molecule has 0 bridgehead atoms. The van der Waals surface area contributed by atoms with E-state index in [1.807, 2.05) is 13.0 Å². The molecule has 0 saturated heterocycles. The van der Waals surface area contributed by atoms with Gasteiger partial charge in [0.1, 0.15) is 0 Å². The molecular formula is C13H12N4. The number of hydrogen-bond acceptors (Lipinski definition) is 4. The Labute approximate surface area is 99.7 Å². The number of aryl methyl sites for hydroxylation is 1. The molecule has 0 aliphatic carbocycles. The van der Waals surface area contributed by atoms with E-state index in [1.165, 1.54) is 0 Å². The predicted molar refractivity (Wildman–Crippen MR) is 67.8 cm³/mol. The number of anilines is 3. The van der Waals surface area contributed by atoms with Gasteiger partial charge in [-0.25, -0.2) is 0 Å². The third kappa shape index (κ3) is 2.34. The van der Waals surface area contributed by atoms with Crippen molar-refractivity contribution in [2.24, 2.45) is 0 Å². The van der Waals surface area contributed by atoms with Crippen LogP contribution in [0.4, 0.5) is 17.1 Å². The summed E-state index contributed by atoms with van der Waals surface area (Å²) in [5.41, 5.74) is 9.72. The quantitative estimate of drug-likeness (QED) is 0.822. The van der Waals surface area contributed by atoms with Crippen LogP contribution in [0.1, 0.15) is 11.1 Å². The molecule has 0 aliphatic rings. The Morgan fingerprint density at radius 1 is 1.29 bits per heavy atom. The first-order valence-corrected chi connectivity index (χ1v) is 5.18. The number of nitrogen functional groups attached to an aromatic ring is 1. The molecular weight excluding hydrogens is 212 g/mol. The molecule has 0 spiro atoms. The highest BCUT2D eigenvalue weighted by Crippen LogP contribution is 2.24. The summed E-state index contributed by atoms with van der Waals surface area (Å²) in [5, 5.41) is 12.1. The maximum Gasteiger partial charge on any atom is 0.0992 e. The van der Waals surface area contributed by atoms with Crippen LogP contribution in [0.3, 0.4) is 0 Å². The molecule has 0 saturated carbocycles. The number of aromatic nitrogens is 1. The van der Waals surface area contributed by atoms with E-state index >= 15 is 0 Å². The number of hydrogen-bond donors (Lipinski definition) is 2. The first kappa shape index (κ1) is 11.0. The van der Waals surface area contributed by atoms with E-state index in [4.69, 9.17) is 11.0 Å². The van der Waals surface area contributed by atoms with E-state index in [-0.39, 0.29) is 0 Å². The minimum atomic E-state index is 0.578. The maximum atomic E-state index is 8.86. The average molecular weight is 224 g/mol. The van der Waals surface area contributed by atoms with E-state index in [2.05, 4.69) is 16.4 Å². The molecule has 0 radical (unpaired) electrons. The highest BCUT2D eigenvalue weighted by atomic mass is 14.9. The minimum Gasteiger partial charge on any atom is -0.396 e. The van der Waals surface area contributed by atoms with Crippen LogP contribution < -0.4 is 11.1 Å². The van der Waals surface area contributed by atoms with Crippen LogP contribution >= 0.6 is 0 Å². The van der Waals surface area contributed by atoms with Gasteiger partial charge >= 0.3 is 0 Å². The zero-order valence-corrected chi connectivity index (χ0v) is 9.44. The second-order valence-electron chi connectivity index (χ2n) is 3.73. The van der Waals surface area contributed by atoms with Crippen molar-refractivity contribution in [2.45, 2.75) is 6.92 Å². The van der Waals surface area contributed by atoms with Gasteiger partial charge in [0.15, 0.2) is 0 Å². The van der Waals surface area contributed by atoms with E-state index in [0.717, 1.165) is 16.9 Å². The Hall–Kier alpha value is -2.54. The Morgan fingerprint density at radius 3 is 2.82 bits per heavy atom. The second kappa shape index (κ2) is 4.54. The first-order chi connectivity index (χ1) is 8.20. The summed E-state index contributed by atoms with van der Waals surface area (Å²) >= 11 is 0. The fourth-order valence-electron chi connectivity index (χ4n) is 1.49. The largest absolute Gasteiger partial charge is 0.396 e. The topological polar surface area (TPSA) is 74.7 Å². The first-order valence-electron chi connectivity index (χ1n) is 5.18. The molecule has 84 valence electrons. The van der Waals surface area contributed by atoms with Gasteiger partial charge in [0.05, 0.1) is 29.2 Å². The Morgan fingerprint density at radius 2 is 2.12 bits per heavy atom. The highest BCUT2D eigenvalue weighted by Gasteiger charge is 2.03. The van der Waals surface area contributed by atoms with Gasteiger partial charge in [-0.05, 0) is 30.7 Å². The lowest BCUT2D eigenvalue weighted by Gasteiger charge is -2.11. The van der Waals surface area contributed by atoms with Gasteiger partial charge in [-0.15, -0.1) is 0 Å². The molecule has 0 aliphatic heterocycles. The fraction of sp³-hybridized carbons (Fsp3) is 0.0769. The molecule has 0 amide bonds. The van der Waals surface area contributed by atoms with Crippen LogP contribution in [0.25, 0.3) is 0 Å². The van der Waals surface area contributed by atoms with Crippen LogP contribution in [0.2, 0.25) is 0 Å². The van der Waals surface area contributed by atoms with Gasteiger partial charge < -0.3 is 11.1 Å². The van der Waals surface area contributed by atoms with E-state index in [9.17, 15) is 0 Å². The molecule has 1 aromatic heterocycles. The van der Waals surface area contributed by atoms with Crippen molar-refractivity contribution in [1.29, 1.82) is 5.26 Å². The van der Waals surface area contributed by atoms with Gasteiger partial charge in [0.2, 0.25) is 0 Å². The summed E-state index contributed by atoms with van der Waals surface area (Å²) in [6.45, 7) is 1.97. The SMILES string of the molecule is Cc1ccc(C#N)cc1Nc1ccncc1N. The number of benzene rings is 1. The average Bonchev–Trinajstić information content (AvgIpc) is 2.35. The van der Waals surface area contributed by atoms with Crippen molar-refractivity contribution >= 4 is 17.1 Å². The molecule has 17 heavy (non-hydrogen) atoms. The van der Waals surface area contributed by atoms with Crippen molar-refractivity contribution in [3.63, 3.8) is 0 Å². The lowest BCUT2D eigenvalue weighted by atomic mass is 10.1. The van der Waals surface area contributed by atoms with Gasteiger partial charge in [-0.2, -0.15) is 5.26 Å². The zero-order chi connectivity index (χ0) is 12.3. The molecule has 0 atom stereocenters. The van der Waals surface area contributed by atoms with Crippen molar-refractivity contribution in [1.82, 2.24) is 4.98 Å². The summed E-state index contributed by atoms with van der Waals surface area (Å²) < 4.78 is 0. The third-order valence-electron chi connectivity index (χ3n) is 2.49. The van der Waals surface area contributed by atoms with Crippen LogP contribution in [-0.2, 0) is 0 Å². The molecule has 1 heterocycles. The Kier molecular flexibility index (Phi) is 2.93. The van der Waals surface area contributed by atoms with E-state index in [0.29, 0.717) is 11.3 Å². The van der Waals surface area contributed by atoms with Crippen molar-refractivity contribution in [2.75, 3.05) is 11.1 Å². The number of pyridine rings is 1. The summed E-state index contributed by atoms with van der Waals surface area (Å²) in [7, 11) is 0. The molecule has 2 aromatic rings. The van der Waals surface area contributed by atoms with Gasteiger partial charge in [-0.3, -0.25) is 4.98 Å². The molecule has 3 N–H and O–H groups in total. The second-order valence-corrected chi connectivity index (χ2v) is 3.73. The zero-order valence-electron chi connectivity index (χ0n) is 9.44. The van der Waals surface area contributed by atoms with Crippen molar-refractivity contribution in [3.05, 3.63) is 47.8 Å². The summed E-state index contributed by atoms with van der Waals surface area (Å²) in [6.07, 6.45) is 3.26. The summed E-state index contributed by atoms with van der Waals surface area (Å²) in [5.74, 6) is 0. The normalized spacial score (nSPS) is 9.65. The van der Waals surface area contributed by atoms with Crippen LogP contribution in [0.5, 0.6) is 0 Å². The highest BCUT2D eigenvalue weighted by molar-refractivity contribution is 5.73. The van der Waals surface area contributed by atoms with Gasteiger partial charge in [0.25, 0.3) is 0 Å². The molecule has 0 fully saturated rings. The third-order valence-corrected chi connectivity index (χ3v) is 2.49. The number of nitrogens with zero attached hydrogens (tertiary/aromatic N) is 2. The number of nitrogens with one attached hydrogen (secondary N) is 1. The predicted octanol–water partition coefficient (Wildman–Crippen LogP) is 2.59. The van der Waals surface area contributed by atoms with Crippen molar-refractivity contribution in [3.8, 4) is 6.07 Å².